The summed E-state index contributed by atoms with van der Waals surface area (Å²) in [7, 11) is -1.96. The highest BCUT2D eigenvalue weighted by molar-refractivity contribution is 7.92. The highest BCUT2D eigenvalue weighted by Gasteiger charge is 2.20. The molecule has 2 heterocycles. The first-order chi connectivity index (χ1) is 11.5. The predicted molar refractivity (Wildman–Crippen MR) is 91.1 cm³/mol. The molecule has 3 rings (SSSR count). The Morgan fingerprint density at radius 3 is 2.54 bits per heavy atom. The van der Waals surface area contributed by atoms with Crippen LogP contribution < -0.4 is 4.72 Å². The van der Waals surface area contributed by atoms with E-state index in [2.05, 4.69) is 27.1 Å². The van der Waals surface area contributed by atoms with Gasteiger partial charge in [0.05, 0.1) is 23.8 Å². The van der Waals surface area contributed by atoms with Crippen LogP contribution in [0.2, 0.25) is 0 Å². The Labute approximate surface area is 141 Å². The monoisotopic (exact) mass is 345 g/mol. The highest BCUT2D eigenvalue weighted by atomic mass is 32.2. The van der Waals surface area contributed by atoms with Crippen LogP contribution in [0.4, 0.5) is 5.69 Å². The van der Waals surface area contributed by atoms with Crippen molar-refractivity contribution in [3.63, 3.8) is 0 Å². The quantitative estimate of drug-likeness (QED) is 0.740. The molecular weight excluding hydrogens is 326 g/mol. The van der Waals surface area contributed by atoms with Crippen LogP contribution in [0.25, 0.3) is 0 Å². The van der Waals surface area contributed by atoms with Crippen LogP contribution in [0, 0.1) is 6.92 Å². The van der Waals surface area contributed by atoms with Gasteiger partial charge in [0.1, 0.15) is 4.90 Å². The summed E-state index contributed by atoms with van der Waals surface area (Å²) >= 11 is 0. The number of rotatable bonds is 6. The van der Waals surface area contributed by atoms with Crippen LogP contribution in [-0.2, 0) is 30.0 Å². The average Bonchev–Trinajstić information content (AvgIpc) is 3.13. The van der Waals surface area contributed by atoms with Gasteiger partial charge in [0, 0.05) is 19.8 Å². The lowest BCUT2D eigenvalue weighted by molar-refractivity contribution is 0.600. The molecule has 0 aliphatic carbocycles. The maximum atomic E-state index is 12.4. The molecule has 8 heteroatoms. The summed E-state index contributed by atoms with van der Waals surface area (Å²) in [6.07, 6.45) is 5.37. The number of aromatic nitrogens is 4. The standard InChI is InChI=1S/C16H19N5O2S/c1-13-16(11-17-20(13)2)24(22,23)19-15-10-18-21(12-15)9-8-14-6-4-3-5-7-14/h3-7,10-12,19H,8-9H2,1-2H3. The zero-order chi connectivity index (χ0) is 17.2. The van der Waals surface area contributed by atoms with Crippen LogP contribution in [-0.4, -0.2) is 28.0 Å². The number of sulfonamides is 1. The van der Waals surface area contributed by atoms with Crippen molar-refractivity contribution in [3.05, 3.63) is 60.2 Å². The van der Waals surface area contributed by atoms with Crippen LogP contribution in [0.1, 0.15) is 11.3 Å². The van der Waals surface area contributed by atoms with Gasteiger partial charge in [0.25, 0.3) is 10.0 Å². The van der Waals surface area contributed by atoms with E-state index in [0.29, 0.717) is 17.9 Å². The molecule has 0 aliphatic heterocycles. The largest absolute Gasteiger partial charge is 0.276 e. The minimum absolute atomic E-state index is 0.169. The molecule has 0 saturated heterocycles. The summed E-state index contributed by atoms with van der Waals surface area (Å²) in [4.78, 5) is 0.169. The van der Waals surface area contributed by atoms with E-state index in [0.717, 1.165) is 6.42 Å². The topological polar surface area (TPSA) is 81.8 Å². The van der Waals surface area contributed by atoms with Gasteiger partial charge in [-0.2, -0.15) is 10.2 Å². The van der Waals surface area contributed by atoms with Gasteiger partial charge in [-0.3, -0.25) is 14.1 Å². The van der Waals surface area contributed by atoms with E-state index < -0.39 is 10.0 Å². The molecule has 126 valence electrons. The van der Waals surface area contributed by atoms with Gasteiger partial charge in [0.2, 0.25) is 0 Å². The third kappa shape index (κ3) is 3.48. The van der Waals surface area contributed by atoms with E-state index in [9.17, 15) is 8.42 Å². The van der Waals surface area contributed by atoms with Gasteiger partial charge < -0.3 is 0 Å². The SMILES string of the molecule is Cc1c(S(=O)(=O)Nc2cnn(CCc3ccccc3)c2)cnn1C. The zero-order valence-corrected chi connectivity index (χ0v) is 14.4. The lowest BCUT2D eigenvalue weighted by Gasteiger charge is -2.05. The van der Waals surface area contributed by atoms with Crippen molar-refractivity contribution in [2.75, 3.05) is 4.72 Å². The molecule has 1 aromatic carbocycles. The average molecular weight is 345 g/mol. The second-order valence-corrected chi connectivity index (χ2v) is 7.20. The lowest BCUT2D eigenvalue weighted by atomic mass is 10.1. The van der Waals surface area contributed by atoms with Gasteiger partial charge in [-0.05, 0) is 18.9 Å². The van der Waals surface area contributed by atoms with Gasteiger partial charge >= 0.3 is 0 Å². The summed E-state index contributed by atoms with van der Waals surface area (Å²) in [5.74, 6) is 0. The Balaban J connectivity index is 1.68. The summed E-state index contributed by atoms with van der Waals surface area (Å²) in [5.41, 5.74) is 2.23. The van der Waals surface area contributed by atoms with Gasteiger partial charge in [-0.15, -0.1) is 0 Å². The van der Waals surface area contributed by atoms with Crippen molar-refractivity contribution < 1.29 is 8.42 Å². The Bertz CT molecular complexity index is 929. The molecule has 0 atom stereocenters. The van der Waals surface area contributed by atoms with Crippen molar-refractivity contribution in [3.8, 4) is 0 Å². The number of hydrogen-bond donors (Lipinski definition) is 1. The summed E-state index contributed by atoms with van der Waals surface area (Å²) in [6, 6.07) is 10.1. The fourth-order valence-corrected chi connectivity index (χ4v) is 3.61. The maximum absolute atomic E-state index is 12.4. The number of hydrogen-bond acceptors (Lipinski definition) is 4. The number of aryl methyl sites for hydroxylation is 3. The van der Waals surface area contributed by atoms with Gasteiger partial charge in [0.15, 0.2) is 0 Å². The van der Waals surface area contributed by atoms with E-state index >= 15 is 0 Å². The number of nitrogens with one attached hydrogen (secondary N) is 1. The molecule has 0 aliphatic rings. The van der Waals surface area contributed by atoms with E-state index in [1.165, 1.54) is 22.6 Å². The second-order valence-electron chi connectivity index (χ2n) is 5.55. The van der Waals surface area contributed by atoms with Gasteiger partial charge in [-0.25, -0.2) is 8.42 Å². The third-order valence-corrected chi connectivity index (χ3v) is 5.32. The van der Waals surface area contributed by atoms with Crippen molar-refractivity contribution in [2.24, 2.45) is 7.05 Å². The van der Waals surface area contributed by atoms with Crippen LogP contribution >= 0.6 is 0 Å². The van der Waals surface area contributed by atoms with Crippen molar-refractivity contribution in [1.29, 1.82) is 0 Å². The van der Waals surface area contributed by atoms with Crippen molar-refractivity contribution >= 4 is 15.7 Å². The maximum Gasteiger partial charge on any atom is 0.265 e. The fraction of sp³-hybridized carbons (Fsp3) is 0.250. The van der Waals surface area contributed by atoms with Crippen LogP contribution in [0.5, 0.6) is 0 Å². The summed E-state index contributed by atoms with van der Waals surface area (Å²) in [5, 5.41) is 8.17. The molecule has 0 amide bonds. The number of nitrogens with zero attached hydrogens (tertiary/aromatic N) is 4. The smallest absolute Gasteiger partial charge is 0.265 e. The molecular formula is C16H19N5O2S. The minimum atomic E-state index is -3.66. The number of anilines is 1. The molecule has 7 nitrogen and oxygen atoms in total. The molecule has 3 aromatic rings. The first kappa shape index (κ1) is 16.3. The first-order valence-electron chi connectivity index (χ1n) is 7.53. The Hall–Kier alpha value is -2.61. The normalized spacial score (nSPS) is 11.6. The summed E-state index contributed by atoms with van der Waals surface area (Å²) < 4.78 is 30.6. The van der Waals surface area contributed by atoms with E-state index in [1.54, 1.807) is 24.9 Å². The predicted octanol–water partition coefficient (Wildman–Crippen LogP) is 1.97. The molecule has 0 spiro atoms. The molecule has 0 fully saturated rings. The molecule has 1 N–H and O–H groups in total. The van der Waals surface area contributed by atoms with Gasteiger partial charge in [-0.1, -0.05) is 30.3 Å². The van der Waals surface area contributed by atoms with E-state index in [4.69, 9.17) is 0 Å². The second kappa shape index (κ2) is 6.48. The Morgan fingerprint density at radius 2 is 1.88 bits per heavy atom. The molecule has 0 bridgehead atoms. The fourth-order valence-electron chi connectivity index (χ4n) is 2.38. The molecule has 0 saturated carbocycles. The molecule has 0 radical (unpaired) electrons. The zero-order valence-electron chi connectivity index (χ0n) is 13.5. The number of benzene rings is 1. The van der Waals surface area contributed by atoms with Crippen LogP contribution in [0.15, 0.2) is 53.8 Å². The van der Waals surface area contributed by atoms with E-state index in [-0.39, 0.29) is 4.90 Å². The van der Waals surface area contributed by atoms with Crippen LogP contribution in [0.3, 0.4) is 0 Å². The third-order valence-electron chi connectivity index (χ3n) is 3.84. The molecule has 24 heavy (non-hydrogen) atoms. The first-order valence-corrected chi connectivity index (χ1v) is 9.02. The summed E-state index contributed by atoms with van der Waals surface area (Å²) in [6.45, 7) is 2.39. The van der Waals surface area contributed by atoms with E-state index in [1.807, 2.05) is 18.2 Å². The van der Waals surface area contributed by atoms with Crippen molar-refractivity contribution in [1.82, 2.24) is 19.6 Å². The molecule has 0 unspecified atom stereocenters. The lowest BCUT2D eigenvalue weighted by Crippen LogP contribution is -2.13. The minimum Gasteiger partial charge on any atom is -0.276 e. The molecule has 2 aromatic heterocycles. The Kier molecular flexibility index (Phi) is 4.39. The highest BCUT2D eigenvalue weighted by Crippen LogP contribution is 2.18. The van der Waals surface area contributed by atoms with Crippen molar-refractivity contribution in [2.45, 2.75) is 24.8 Å². The Morgan fingerprint density at radius 1 is 1.12 bits per heavy atom.